The number of halogens is 2. The van der Waals surface area contributed by atoms with E-state index in [2.05, 4.69) is 22.1 Å². The van der Waals surface area contributed by atoms with E-state index in [9.17, 15) is 14.3 Å². The van der Waals surface area contributed by atoms with Crippen LogP contribution in [0.2, 0.25) is 0 Å². The number of rotatable bonds is 13. The smallest absolute Gasteiger partial charge is 0.243 e. The maximum absolute atomic E-state index is 15.8. The first-order chi connectivity index (χ1) is 21.7. The molecule has 1 atom stereocenters. The molecule has 0 aliphatic rings. The number of carbonyl (C=O) groups is 1. The number of hydrogen-bond acceptors (Lipinski definition) is 8. The standard InChI is InChI=1S/C33H33F2N5O4S/c1-5-28(42)36-19(2)25-18-26(39-38-25)32-30(29-24(35)16-21(34)17-27(29)44-13-11-41)33-23(9-14-45-33)31(37-32)20-7-6-8-22(15-20)43-12-10-40(3)4/h5-9,14-19,41H,1,10-13H2,2-4H3,(H,36,42)(H,38,39)/t19-/m1/s1. The molecule has 45 heavy (non-hydrogen) atoms. The van der Waals surface area contributed by atoms with Crippen molar-refractivity contribution in [3.8, 4) is 45.3 Å². The van der Waals surface area contributed by atoms with E-state index < -0.39 is 17.7 Å². The molecule has 0 saturated heterocycles. The van der Waals surface area contributed by atoms with Crippen LogP contribution in [0.4, 0.5) is 8.78 Å². The Morgan fingerprint density at radius 1 is 1.13 bits per heavy atom. The molecule has 0 unspecified atom stereocenters. The fraction of sp³-hybridized carbons (Fsp3) is 0.242. The van der Waals surface area contributed by atoms with Crippen LogP contribution in [0.1, 0.15) is 18.7 Å². The Bertz CT molecular complexity index is 1840. The van der Waals surface area contributed by atoms with Gasteiger partial charge in [-0.05, 0) is 56.7 Å². The van der Waals surface area contributed by atoms with E-state index in [-0.39, 0.29) is 30.4 Å². The first-order valence-corrected chi connectivity index (χ1v) is 15.1. The van der Waals surface area contributed by atoms with Crippen LogP contribution in [0.3, 0.4) is 0 Å². The molecule has 0 aliphatic heterocycles. The number of likely N-dealkylation sites (N-methyl/N-ethyl adjacent to an activating group) is 1. The van der Waals surface area contributed by atoms with Crippen LogP contribution in [0.25, 0.3) is 43.9 Å². The third kappa shape index (κ3) is 7.03. The minimum absolute atomic E-state index is 0.00956. The number of thiophene rings is 1. The van der Waals surface area contributed by atoms with Crippen molar-refractivity contribution < 1.29 is 28.2 Å². The van der Waals surface area contributed by atoms with Gasteiger partial charge in [-0.25, -0.2) is 13.8 Å². The van der Waals surface area contributed by atoms with E-state index >= 15 is 4.39 Å². The van der Waals surface area contributed by atoms with Crippen LogP contribution in [0, 0.1) is 11.6 Å². The topological polar surface area (TPSA) is 113 Å². The van der Waals surface area contributed by atoms with Gasteiger partial charge >= 0.3 is 0 Å². The lowest BCUT2D eigenvalue weighted by atomic mass is 9.96. The second-order valence-corrected chi connectivity index (χ2v) is 11.4. The Balaban J connectivity index is 1.73. The lowest BCUT2D eigenvalue weighted by Crippen LogP contribution is -2.24. The van der Waals surface area contributed by atoms with E-state index in [0.29, 0.717) is 45.4 Å². The minimum Gasteiger partial charge on any atom is -0.492 e. The Labute approximate surface area is 263 Å². The lowest BCUT2D eigenvalue weighted by molar-refractivity contribution is -0.117. The van der Waals surface area contributed by atoms with Gasteiger partial charge in [-0.15, -0.1) is 11.3 Å². The molecule has 0 fully saturated rings. The molecule has 1 amide bonds. The third-order valence-electron chi connectivity index (χ3n) is 6.99. The molecule has 0 radical (unpaired) electrons. The quantitative estimate of drug-likeness (QED) is 0.137. The van der Waals surface area contributed by atoms with Gasteiger partial charge in [0.15, 0.2) is 0 Å². The molecule has 12 heteroatoms. The number of pyridine rings is 1. The van der Waals surface area contributed by atoms with Crippen molar-refractivity contribution in [2.75, 3.05) is 40.5 Å². The number of benzene rings is 2. The van der Waals surface area contributed by atoms with Crippen molar-refractivity contribution in [2.45, 2.75) is 13.0 Å². The summed E-state index contributed by atoms with van der Waals surface area (Å²) in [6.45, 7) is 6.00. The zero-order valence-corrected chi connectivity index (χ0v) is 25.9. The molecule has 3 N–H and O–H groups in total. The average molecular weight is 634 g/mol. The van der Waals surface area contributed by atoms with Crippen LogP contribution in [0.15, 0.2) is 66.6 Å². The molecular formula is C33H33F2N5O4S. The third-order valence-corrected chi connectivity index (χ3v) is 7.92. The number of hydrogen-bond donors (Lipinski definition) is 3. The van der Waals surface area contributed by atoms with Crippen molar-refractivity contribution in [1.29, 1.82) is 0 Å². The van der Waals surface area contributed by atoms with Crippen LogP contribution in [0.5, 0.6) is 11.5 Å². The van der Waals surface area contributed by atoms with Crippen molar-refractivity contribution in [2.24, 2.45) is 0 Å². The van der Waals surface area contributed by atoms with Gasteiger partial charge in [0.1, 0.15) is 47.7 Å². The first-order valence-electron chi connectivity index (χ1n) is 14.2. The molecule has 0 aliphatic carbocycles. The molecule has 5 rings (SSSR count). The van der Waals surface area contributed by atoms with E-state index in [0.717, 1.165) is 29.6 Å². The largest absolute Gasteiger partial charge is 0.492 e. The normalized spacial score (nSPS) is 12.0. The fourth-order valence-corrected chi connectivity index (χ4v) is 5.78. The summed E-state index contributed by atoms with van der Waals surface area (Å²) in [6.07, 6.45) is 1.17. The summed E-state index contributed by atoms with van der Waals surface area (Å²) in [5.74, 6) is -1.44. The number of amides is 1. The van der Waals surface area contributed by atoms with Gasteiger partial charge < -0.3 is 24.8 Å². The molecule has 9 nitrogen and oxygen atoms in total. The first kappa shape index (κ1) is 31.8. The van der Waals surface area contributed by atoms with Crippen LogP contribution < -0.4 is 14.8 Å². The summed E-state index contributed by atoms with van der Waals surface area (Å²) in [4.78, 5) is 19.0. The number of nitrogens with zero attached hydrogens (tertiary/aromatic N) is 3. The predicted octanol–water partition coefficient (Wildman–Crippen LogP) is 5.97. The highest BCUT2D eigenvalue weighted by molar-refractivity contribution is 7.18. The van der Waals surface area contributed by atoms with Gasteiger partial charge in [-0.2, -0.15) is 5.10 Å². The number of H-pyrrole nitrogens is 1. The molecule has 0 bridgehead atoms. The summed E-state index contributed by atoms with van der Waals surface area (Å²) in [6, 6.07) is 12.6. The number of aliphatic hydroxyl groups excluding tert-OH is 1. The van der Waals surface area contributed by atoms with Gasteiger partial charge in [-0.1, -0.05) is 18.7 Å². The molecule has 0 spiro atoms. The van der Waals surface area contributed by atoms with Gasteiger partial charge in [0, 0.05) is 39.9 Å². The van der Waals surface area contributed by atoms with Gasteiger partial charge in [0.2, 0.25) is 5.91 Å². The Hall–Kier alpha value is -4.65. The number of nitrogens with one attached hydrogen (secondary N) is 2. The summed E-state index contributed by atoms with van der Waals surface area (Å²) in [5, 5.41) is 22.3. The van der Waals surface area contributed by atoms with Crippen LogP contribution >= 0.6 is 11.3 Å². The fourth-order valence-electron chi connectivity index (χ4n) is 4.83. The number of aliphatic hydroxyl groups is 1. The van der Waals surface area contributed by atoms with E-state index in [1.54, 1.807) is 13.0 Å². The molecule has 5 aromatic rings. The molecule has 0 saturated carbocycles. The SMILES string of the molecule is C=CC(=O)N[C@H](C)c1cc(-c2nc(-c3cccc(OCCN(C)C)c3)c3ccsc3c2-c2c(F)cc(F)cc2OCCO)n[nH]1. The Morgan fingerprint density at radius 3 is 2.71 bits per heavy atom. The van der Waals surface area contributed by atoms with Gasteiger partial charge in [0.25, 0.3) is 0 Å². The minimum atomic E-state index is -0.855. The predicted molar refractivity (Wildman–Crippen MR) is 171 cm³/mol. The van der Waals surface area contributed by atoms with Crippen molar-refractivity contribution in [3.63, 3.8) is 0 Å². The zero-order valence-electron chi connectivity index (χ0n) is 25.1. The van der Waals surface area contributed by atoms with Gasteiger partial charge in [0.05, 0.1) is 29.6 Å². The van der Waals surface area contributed by atoms with E-state index in [4.69, 9.17) is 14.5 Å². The van der Waals surface area contributed by atoms with Crippen LogP contribution in [-0.4, -0.2) is 71.6 Å². The summed E-state index contributed by atoms with van der Waals surface area (Å²) in [5.41, 5.74) is 2.98. The maximum atomic E-state index is 15.8. The second kappa shape index (κ2) is 14.0. The van der Waals surface area contributed by atoms with E-state index in [1.165, 1.54) is 17.4 Å². The highest BCUT2D eigenvalue weighted by Gasteiger charge is 2.27. The molecule has 234 valence electrons. The van der Waals surface area contributed by atoms with Crippen molar-refractivity contribution in [3.05, 3.63) is 83.9 Å². The highest BCUT2D eigenvalue weighted by Crippen LogP contribution is 2.47. The molecule has 3 aromatic heterocycles. The number of aromatic amines is 1. The number of ether oxygens (including phenoxy) is 2. The summed E-state index contributed by atoms with van der Waals surface area (Å²) < 4.78 is 42.6. The van der Waals surface area contributed by atoms with E-state index in [1.807, 2.05) is 54.7 Å². The monoisotopic (exact) mass is 633 g/mol. The number of carbonyl (C=O) groups excluding carboxylic acids is 1. The van der Waals surface area contributed by atoms with Crippen molar-refractivity contribution >= 4 is 27.3 Å². The maximum Gasteiger partial charge on any atom is 0.243 e. The van der Waals surface area contributed by atoms with Crippen molar-refractivity contribution in [1.82, 2.24) is 25.4 Å². The molecular weight excluding hydrogens is 600 g/mol. The van der Waals surface area contributed by atoms with Gasteiger partial charge in [-0.3, -0.25) is 9.89 Å². The number of fused-ring (bicyclic) bond motifs is 1. The Kier molecular flexibility index (Phi) is 9.87. The highest BCUT2D eigenvalue weighted by atomic mass is 32.1. The molecule has 3 heterocycles. The second-order valence-electron chi connectivity index (χ2n) is 10.5. The lowest BCUT2D eigenvalue weighted by Gasteiger charge is -2.17. The molecule has 2 aromatic carbocycles. The number of aromatic nitrogens is 3. The Morgan fingerprint density at radius 2 is 1.96 bits per heavy atom. The summed E-state index contributed by atoms with van der Waals surface area (Å²) in [7, 11) is 3.94. The van der Waals surface area contributed by atoms with Crippen LogP contribution in [-0.2, 0) is 4.79 Å². The summed E-state index contributed by atoms with van der Waals surface area (Å²) >= 11 is 1.37. The zero-order chi connectivity index (χ0) is 32.1. The average Bonchev–Trinajstić information content (AvgIpc) is 3.70.